The number of aromatic hydroxyl groups is 1. The van der Waals surface area contributed by atoms with Crippen LogP contribution in [0.25, 0.3) is 6.08 Å². The Balaban J connectivity index is 1.81. The van der Waals surface area contributed by atoms with Crippen molar-refractivity contribution in [3.05, 3.63) is 47.5 Å². The van der Waals surface area contributed by atoms with E-state index in [4.69, 9.17) is 15.3 Å². The molecule has 0 atom stereocenters. The summed E-state index contributed by atoms with van der Waals surface area (Å²) in [5.74, 6) is 6.38. The number of aldehydes is 1. The van der Waals surface area contributed by atoms with Crippen LogP contribution in [-0.4, -0.2) is 31.1 Å². The van der Waals surface area contributed by atoms with Gasteiger partial charge >= 0.3 is 0 Å². The number of hydrogen-bond acceptors (Lipinski definition) is 7. The fraction of sp³-hybridized carbons (Fsp3) is 0.158. The van der Waals surface area contributed by atoms with E-state index in [9.17, 15) is 14.7 Å². The summed E-state index contributed by atoms with van der Waals surface area (Å²) in [6.07, 6.45) is 3.81. The van der Waals surface area contributed by atoms with Gasteiger partial charge in [-0.3, -0.25) is 10.6 Å². The molecule has 0 aromatic heterocycles. The standard InChI is InChI=1S/C19H19N3O5/c1-22(15-10-18-17(26-11-27-18)9-14(15)21-20)19(25)5-3-12-2-4-16(24)13(8-12)6-7-23/h2-5,7-10,21,24H,6,11,20H2,1H3/b5-3+. The molecule has 140 valence electrons. The maximum atomic E-state index is 12.6. The van der Waals surface area contributed by atoms with Crippen molar-refractivity contribution in [3.8, 4) is 17.2 Å². The molecular formula is C19H19N3O5. The lowest BCUT2D eigenvalue weighted by Gasteiger charge is -2.19. The molecule has 3 rings (SSSR count). The number of hydrazine groups is 1. The van der Waals surface area contributed by atoms with Crippen molar-refractivity contribution in [2.45, 2.75) is 6.42 Å². The minimum Gasteiger partial charge on any atom is -0.508 e. The molecule has 0 saturated heterocycles. The fourth-order valence-electron chi connectivity index (χ4n) is 2.68. The molecule has 4 N–H and O–H groups in total. The lowest BCUT2D eigenvalue weighted by Crippen LogP contribution is -2.25. The molecule has 0 bridgehead atoms. The number of carbonyl (C=O) groups is 2. The summed E-state index contributed by atoms with van der Waals surface area (Å²) in [5.41, 5.74) is 4.78. The van der Waals surface area contributed by atoms with Crippen molar-refractivity contribution in [2.75, 3.05) is 24.2 Å². The molecular weight excluding hydrogens is 350 g/mol. The van der Waals surface area contributed by atoms with Gasteiger partial charge in [0.15, 0.2) is 11.5 Å². The third kappa shape index (κ3) is 3.85. The summed E-state index contributed by atoms with van der Waals surface area (Å²) >= 11 is 0. The highest BCUT2D eigenvalue weighted by Gasteiger charge is 2.20. The SMILES string of the molecule is CN(C(=O)/C=C/c1ccc(O)c(CC=O)c1)c1cc2c(cc1NN)OCO2. The number of ether oxygens (including phenoxy) is 2. The van der Waals surface area contributed by atoms with Crippen LogP contribution in [0.4, 0.5) is 11.4 Å². The third-order valence-electron chi connectivity index (χ3n) is 4.16. The maximum absolute atomic E-state index is 12.6. The Kier molecular flexibility index (Phi) is 5.28. The molecule has 0 radical (unpaired) electrons. The first-order valence-electron chi connectivity index (χ1n) is 8.15. The Hall–Kier alpha value is -3.52. The molecule has 0 spiro atoms. The van der Waals surface area contributed by atoms with Gasteiger partial charge in [-0.25, -0.2) is 0 Å². The van der Waals surface area contributed by atoms with Crippen molar-refractivity contribution in [1.82, 2.24) is 0 Å². The van der Waals surface area contributed by atoms with Gasteiger partial charge in [0.05, 0.1) is 11.4 Å². The van der Waals surface area contributed by atoms with Gasteiger partial charge in [-0.05, 0) is 23.8 Å². The monoisotopic (exact) mass is 369 g/mol. The average molecular weight is 369 g/mol. The molecule has 0 unspecified atom stereocenters. The highest BCUT2D eigenvalue weighted by atomic mass is 16.7. The molecule has 8 nitrogen and oxygen atoms in total. The van der Waals surface area contributed by atoms with Crippen LogP contribution in [0, 0.1) is 0 Å². The molecule has 27 heavy (non-hydrogen) atoms. The zero-order chi connectivity index (χ0) is 19.4. The summed E-state index contributed by atoms with van der Waals surface area (Å²) in [6.45, 7) is 0.115. The minimum absolute atomic E-state index is 0.0433. The number of phenols is 1. The van der Waals surface area contributed by atoms with E-state index in [1.807, 2.05) is 0 Å². The van der Waals surface area contributed by atoms with Gasteiger partial charge in [0.2, 0.25) is 6.79 Å². The number of nitrogens with zero attached hydrogens (tertiary/aromatic N) is 1. The Morgan fingerprint density at radius 3 is 2.74 bits per heavy atom. The number of nitrogen functional groups attached to an aromatic ring is 1. The van der Waals surface area contributed by atoms with E-state index in [0.717, 1.165) is 0 Å². The minimum atomic E-state index is -0.296. The molecule has 0 saturated carbocycles. The Morgan fingerprint density at radius 1 is 1.30 bits per heavy atom. The summed E-state index contributed by atoms with van der Waals surface area (Å²) in [5, 5.41) is 9.72. The van der Waals surface area contributed by atoms with E-state index in [2.05, 4.69) is 5.43 Å². The maximum Gasteiger partial charge on any atom is 0.250 e. The summed E-state index contributed by atoms with van der Waals surface area (Å²) in [6, 6.07) is 8.13. The number of carbonyl (C=O) groups excluding carboxylic acids is 2. The van der Waals surface area contributed by atoms with Gasteiger partial charge in [-0.2, -0.15) is 0 Å². The molecule has 2 aromatic carbocycles. The predicted octanol–water partition coefficient (Wildman–Crippen LogP) is 1.82. The molecule has 1 amide bonds. The van der Waals surface area contributed by atoms with Gasteiger partial charge in [-0.1, -0.05) is 6.07 Å². The van der Waals surface area contributed by atoms with Crippen molar-refractivity contribution in [1.29, 1.82) is 0 Å². The largest absolute Gasteiger partial charge is 0.508 e. The first kappa shape index (κ1) is 18.3. The molecule has 1 aliphatic heterocycles. The van der Waals surface area contributed by atoms with Crippen molar-refractivity contribution in [2.24, 2.45) is 5.84 Å². The van der Waals surface area contributed by atoms with E-state index in [0.29, 0.717) is 40.3 Å². The van der Waals surface area contributed by atoms with Crippen LogP contribution in [0.3, 0.4) is 0 Å². The van der Waals surface area contributed by atoms with Crippen LogP contribution in [0.5, 0.6) is 17.2 Å². The fourth-order valence-corrected chi connectivity index (χ4v) is 2.68. The van der Waals surface area contributed by atoms with E-state index in [1.54, 1.807) is 37.4 Å². The predicted molar refractivity (Wildman–Crippen MR) is 101 cm³/mol. The number of benzene rings is 2. The van der Waals surface area contributed by atoms with Crippen molar-refractivity contribution in [3.63, 3.8) is 0 Å². The molecule has 1 aliphatic rings. The smallest absolute Gasteiger partial charge is 0.250 e. The summed E-state index contributed by atoms with van der Waals surface area (Å²) < 4.78 is 10.6. The van der Waals surface area contributed by atoms with Gasteiger partial charge in [0.25, 0.3) is 5.91 Å². The van der Waals surface area contributed by atoms with Crippen LogP contribution in [-0.2, 0) is 16.0 Å². The summed E-state index contributed by atoms with van der Waals surface area (Å²) in [7, 11) is 1.61. The number of hydrogen-bond donors (Lipinski definition) is 3. The number of nitrogens with two attached hydrogens (primary N) is 1. The number of amides is 1. The van der Waals surface area contributed by atoms with Crippen molar-refractivity contribution >= 4 is 29.6 Å². The second kappa shape index (κ2) is 7.79. The number of phenolic OH excluding ortho intramolecular Hbond substituents is 1. The highest BCUT2D eigenvalue weighted by Crippen LogP contribution is 2.40. The lowest BCUT2D eigenvalue weighted by atomic mass is 10.1. The number of nitrogens with one attached hydrogen (secondary N) is 1. The van der Waals surface area contributed by atoms with Crippen LogP contribution in [0.2, 0.25) is 0 Å². The lowest BCUT2D eigenvalue weighted by molar-refractivity contribution is -0.113. The van der Waals surface area contributed by atoms with Crippen molar-refractivity contribution < 1.29 is 24.2 Å². The van der Waals surface area contributed by atoms with Gasteiger partial charge < -0.3 is 29.7 Å². The van der Waals surface area contributed by atoms with E-state index >= 15 is 0 Å². The second-order valence-electron chi connectivity index (χ2n) is 5.86. The third-order valence-corrected chi connectivity index (χ3v) is 4.16. The van der Waals surface area contributed by atoms with Crippen LogP contribution in [0.15, 0.2) is 36.4 Å². The van der Waals surface area contributed by atoms with E-state index in [-0.39, 0.29) is 24.9 Å². The molecule has 2 aromatic rings. The molecule has 8 heteroatoms. The average Bonchev–Trinajstić information content (AvgIpc) is 3.14. The van der Waals surface area contributed by atoms with Crippen LogP contribution in [0.1, 0.15) is 11.1 Å². The zero-order valence-electron chi connectivity index (χ0n) is 14.6. The quantitative estimate of drug-likeness (QED) is 0.308. The second-order valence-corrected chi connectivity index (χ2v) is 5.86. The topological polar surface area (TPSA) is 114 Å². The molecule has 1 heterocycles. The van der Waals surface area contributed by atoms with Gasteiger partial charge in [-0.15, -0.1) is 0 Å². The zero-order valence-corrected chi connectivity index (χ0v) is 14.6. The summed E-state index contributed by atoms with van der Waals surface area (Å²) in [4.78, 5) is 24.6. The molecule has 0 aliphatic carbocycles. The Morgan fingerprint density at radius 2 is 2.04 bits per heavy atom. The first-order valence-corrected chi connectivity index (χ1v) is 8.15. The normalized spacial score (nSPS) is 12.2. The van der Waals surface area contributed by atoms with Gasteiger partial charge in [0, 0.05) is 37.2 Å². The Labute approximate surface area is 155 Å². The Bertz CT molecular complexity index is 910. The number of fused-ring (bicyclic) bond motifs is 1. The first-order chi connectivity index (χ1) is 13.0. The van der Waals surface area contributed by atoms with E-state index in [1.165, 1.54) is 17.0 Å². The van der Waals surface area contributed by atoms with Crippen LogP contribution >= 0.6 is 0 Å². The van der Waals surface area contributed by atoms with Gasteiger partial charge in [0.1, 0.15) is 12.0 Å². The number of anilines is 2. The number of rotatable bonds is 6. The highest BCUT2D eigenvalue weighted by molar-refractivity contribution is 6.05. The number of likely N-dealkylation sites (N-methyl/N-ethyl adjacent to an activating group) is 1. The molecule has 0 fully saturated rings. The van der Waals surface area contributed by atoms with Crippen LogP contribution < -0.4 is 25.6 Å². The van der Waals surface area contributed by atoms with E-state index < -0.39 is 0 Å².